The van der Waals surface area contributed by atoms with E-state index in [-0.39, 0.29) is 12.5 Å². The second kappa shape index (κ2) is 16.5. The van der Waals surface area contributed by atoms with Crippen LogP contribution in [0.3, 0.4) is 0 Å². The van der Waals surface area contributed by atoms with Crippen LogP contribution in [-0.4, -0.2) is 22.4 Å². The zero-order valence-corrected chi connectivity index (χ0v) is 14.1. The van der Waals surface area contributed by atoms with E-state index in [2.05, 4.69) is 11.8 Å². The smallest absolute Gasteiger partial charge is 0.303 e. The van der Waals surface area contributed by atoms with E-state index in [0.717, 1.165) is 25.7 Å². The first kappa shape index (κ1) is 21.1. The highest BCUT2D eigenvalue weighted by Crippen LogP contribution is 2.12. The van der Waals surface area contributed by atoms with Crippen LogP contribution in [0.1, 0.15) is 90.4 Å². The number of allylic oxidation sites excluding steroid dienone is 1. The Balaban J connectivity index is 3.47. The number of hydrogen-bond acceptors (Lipinski definition) is 3. The SMILES string of the molecule is CCCCCCCCCCC(/C=C/CCCCC(=O)O)OO. The van der Waals surface area contributed by atoms with E-state index in [4.69, 9.17) is 10.4 Å². The molecule has 0 saturated carbocycles. The molecule has 0 fully saturated rings. The third-order valence-electron chi connectivity index (χ3n) is 3.84. The number of carboxylic acids is 1. The van der Waals surface area contributed by atoms with Crippen molar-refractivity contribution in [2.24, 2.45) is 0 Å². The molecular weight excluding hydrogens is 280 g/mol. The van der Waals surface area contributed by atoms with Gasteiger partial charge in [0, 0.05) is 6.42 Å². The van der Waals surface area contributed by atoms with Gasteiger partial charge in [-0.15, -0.1) is 0 Å². The summed E-state index contributed by atoms with van der Waals surface area (Å²) >= 11 is 0. The molecule has 0 aromatic carbocycles. The molecule has 1 atom stereocenters. The summed E-state index contributed by atoms with van der Waals surface area (Å²) < 4.78 is 0. The van der Waals surface area contributed by atoms with Gasteiger partial charge in [-0.25, -0.2) is 4.89 Å². The molecular formula is C18H34O4. The minimum absolute atomic E-state index is 0.223. The second-order valence-electron chi connectivity index (χ2n) is 5.98. The standard InChI is InChI=1S/C18H34O4/c1-2-3-4-5-6-7-8-11-14-17(22-21)15-12-9-10-13-16-18(19)20/h12,15,17,21H,2-11,13-14,16H2,1H3,(H,19,20)/b15-12+. The van der Waals surface area contributed by atoms with Gasteiger partial charge < -0.3 is 5.11 Å². The predicted octanol–water partition coefficient (Wildman–Crippen LogP) is 5.58. The van der Waals surface area contributed by atoms with Gasteiger partial charge in [0.25, 0.3) is 0 Å². The molecule has 1 unspecified atom stereocenters. The maximum Gasteiger partial charge on any atom is 0.303 e. The van der Waals surface area contributed by atoms with Crippen molar-refractivity contribution in [3.8, 4) is 0 Å². The lowest BCUT2D eigenvalue weighted by atomic mass is 10.1. The first-order valence-electron chi connectivity index (χ1n) is 8.89. The largest absolute Gasteiger partial charge is 0.481 e. The quantitative estimate of drug-likeness (QED) is 0.169. The normalized spacial score (nSPS) is 12.8. The van der Waals surface area contributed by atoms with Gasteiger partial charge in [0.2, 0.25) is 0 Å². The van der Waals surface area contributed by atoms with Crippen LogP contribution in [0, 0.1) is 0 Å². The molecule has 2 N–H and O–H groups in total. The number of unbranched alkanes of at least 4 members (excludes halogenated alkanes) is 9. The maximum atomic E-state index is 10.4. The van der Waals surface area contributed by atoms with Crippen LogP contribution in [0.5, 0.6) is 0 Å². The van der Waals surface area contributed by atoms with Crippen LogP contribution >= 0.6 is 0 Å². The van der Waals surface area contributed by atoms with Crippen molar-refractivity contribution in [1.82, 2.24) is 0 Å². The van der Waals surface area contributed by atoms with E-state index in [1.165, 1.54) is 44.9 Å². The van der Waals surface area contributed by atoms with Crippen molar-refractivity contribution in [1.29, 1.82) is 0 Å². The Kier molecular flexibility index (Phi) is 15.8. The molecule has 130 valence electrons. The Labute approximate surface area is 135 Å². The van der Waals surface area contributed by atoms with E-state index in [9.17, 15) is 4.79 Å². The zero-order valence-electron chi connectivity index (χ0n) is 14.1. The molecule has 0 saturated heterocycles. The van der Waals surface area contributed by atoms with Gasteiger partial charge >= 0.3 is 5.97 Å². The van der Waals surface area contributed by atoms with Crippen molar-refractivity contribution in [2.75, 3.05) is 0 Å². The summed E-state index contributed by atoms with van der Waals surface area (Å²) in [6.07, 6.45) is 17.3. The van der Waals surface area contributed by atoms with Gasteiger partial charge in [-0.1, -0.05) is 70.4 Å². The van der Waals surface area contributed by atoms with E-state index in [1.54, 1.807) is 0 Å². The van der Waals surface area contributed by atoms with Crippen LogP contribution in [0.15, 0.2) is 12.2 Å². The van der Waals surface area contributed by atoms with Crippen LogP contribution in [0.4, 0.5) is 0 Å². The van der Waals surface area contributed by atoms with Crippen molar-refractivity contribution in [3.63, 3.8) is 0 Å². The minimum atomic E-state index is -0.741. The van der Waals surface area contributed by atoms with Crippen LogP contribution < -0.4 is 0 Å². The highest BCUT2D eigenvalue weighted by atomic mass is 17.1. The van der Waals surface area contributed by atoms with Gasteiger partial charge in [-0.2, -0.15) is 0 Å². The Morgan fingerprint density at radius 3 is 2.23 bits per heavy atom. The fourth-order valence-electron chi connectivity index (χ4n) is 2.45. The van der Waals surface area contributed by atoms with E-state index < -0.39 is 5.97 Å². The predicted molar refractivity (Wildman–Crippen MR) is 90.0 cm³/mol. The van der Waals surface area contributed by atoms with Gasteiger partial charge in [0.05, 0.1) is 0 Å². The van der Waals surface area contributed by atoms with Crippen molar-refractivity contribution in [2.45, 2.75) is 96.5 Å². The summed E-state index contributed by atoms with van der Waals surface area (Å²) in [5, 5.41) is 17.4. The highest BCUT2D eigenvalue weighted by molar-refractivity contribution is 5.66. The van der Waals surface area contributed by atoms with Crippen molar-refractivity contribution >= 4 is 5.97 Å². The number of carbonyl (C=O) groups is 1. The van der Waals surface area contributed by atoms with Crippen LogP contribution in [-0.2, 0) is 9.68 Å². The van der Waals surface area contributed by atoms with Crippen LogP contribution in [0.2, 0.25) is 0 Å². The van der Waals surface area contributed by atoms with Gasteiger partial charge in [-0.05, 0) is 25.7 Å². The maximum absolute atomic E-state index is 10.4. The third-order valence-corrected chi connectivity index (χ3v) is 3.84. The molecule has 0 aliphatic carbocycles. The summed E-state index contributed by atoms with van der Waals surface area (Å²) in [7, 11) is 0. The van der Waals surface area contributed by atoms with E-state index >= 15 is 0 Å². The summed E-state index contributed by atoms with van der Waals surface area (Å²) in [4.78, 5) is 14.8. The highest BCUT2D eigenvalue weighted by Gasteiger charge is 2.04. The van der Waals surface area contributed by atoms with Gasteiger partial charge in [0.1, 0.15) is 6.10 Å². The Morgan fingerprint density at radius 1 is 1.00 bits per heavy atom. The number of carboxylic acid groups (broad SMARTS) is 1. The van der Waals surface area contributed by atoms with Gasteiger partial charge in [0.15, 0.2) is 0 Å². The van der Waals surface area contributed by atoms with Crippen molar-refractivity contribution in [3.05, 3.63) is 12.2 Å². The number of rotatable bonds is 16. The van der Waals surface area contributed by atoms with Gasteiger partial charge in [-0.3, -0.25) is 10.1 Å². The lowest BCUT2D eigenvalue weighted by Crippen LogP contribution is -2.06. The lowest BCUT2D eigenvalue weighted by molar-refractivity contribution is -0.267. The lowest BCUT2D eigenvalue weighted by Gasteiger charge is -2.08. The summed E-state index contributed by atoms with van der Waals surface area (Å²) in [6, 6.07) is 0. The molecule has 0 aliphatic heterocycles. The number of aliphatic carboxylic acids is 1. The molecule has 0 aliphatic rings. The molecule has 4 heteroatoms. The first-order chi connectivity index (χ1) is 10.7. The first-order valence-corrected chi connectivity index (χ1v) is 8.89. The Morgan fingerprint density at radius 2 is 1.64 bits per heavy atom. The molecule has 0 radical (unpaired) electrons. The average molecular weight is 314 g/mol. The molecule has 0 heterocycles. The molecule has 0 bridgehead atoms. The summed E-state index contributed by atoms with van der Waals surface area (Å²) in [6.45, 7) is 2.23. The van der Waals surface area contributed by atoms with Crippen molar-refractivity contribution < 1.29 is 20.0 Å². The average Bonchev–Trinajstić information content (AvgIpc) is 2.50. The Bertz CT molecular complexity index is 276. The molecule has 0 amide bonds. The third kappa shape index (κ3) is 15.5. The minimum Gasteiger partial charge on any atom is -0.481 e. The second-order valence-corrected chi connectivity index (χ2v) is 5.98. The molecule has 0 rings (SSSR count). The van der Waals surface area contributed by atoms with E-state index in [0.29, 0.717) is 6.42 Å². The molecule has 22 heavy (non-hydrogen) atoms. The van der Waals surface area contributed by atoms with E-state index in [1.807, 2.05) is 12.2 Å². The fraction of sp³-hybridized carbons (Fsp3) is 0.833. The topological polar surface area (TPSA) is 66.8 Å². The molecule has 0 spiro atoms. The Hall–Kier alpha value is -0.870. The zero-order chi connectivity index (χ0) is 16.5. The summed E-state index contributed by atoms with van der Waals surface area (Å²) in [5.41, 5.74) is 0. The molecule has 0 aromatic heterocycles. The fourth-order valence-corrected chi connectivity index (χ4v) is 2.45. The molecule has 0 aromatic rings. The number of hydrogen-bond donors (Lipinski definition) is 2. The molecule has 4 nitrogen and oxygen atoms in total. The summed E-state index contributed by atoms with van der Waals surface area (Å²) in [5.74, 6) is -0.741. The monoisotopic (exact) mass is 314 g/mol. The van der Waals surface area contributed by atoms with Crippen LogP contribution in [0.25, 0.3) is 0 Å².